The molecule has 0 spiro atoms. The van der Waals surface area contributed by atoms with Gasteiger partial charge in [0.05, 0.1) is 31.9 Å². The predicted molar refractivity (Wildman–Crippen MR) is 164 cm³/mol. The highest BCUT2D eigenvalue weighted by Crippen LogP contribution is 2.32. The summed E-state index contributed by atoms with van der Waals surface area (Å²) in [6, 6.07) is 15.0. The number of ether oxygens (including phenoxy) is 3. The number of methoxy groups -OCH3 is 3. The molecule has 0 radical (unpaired) electrons. The van der Waals surface area contributed by atoms with Crippen LogP contribution in [-0.4, -0.2) is 65.1 Å². The third kappa shape index (κ3) is 7.60. The number of nitrogens with zero attached hydrogens (tertiary/aromatic N) is 2. The summed E-state index contributed by atoms with van der Waals surface area (Å²) in [6.07, 6.45) is 3.77. The Kier molecular flexibility index (Phi) is 10.7. The minimum absolute atomic E-state index is 0.0168. The summed E-state index contributed by atoms with van der Waals surface area (Å²) in [6.45, 7) is 0.976. The van der Waals surface area contributed by atoms with E-state index in [1.54, 1.807) is 31.2 Å². The Labute approximate surface area is 257 Å². The zero-order chi connectivity index (χ0) is 31.9. The molecule has 10 nitrogen and oxygen atoms in total. The molecule has 1 atom stereocenters. The van der Waals surface area contributed by atoms with Gasteiger partial charge in [-0.3, -0.25) is 13.9 Å². The number of hydrogen-bond acceptors (Lipinski definition) is 7. The summed E-state index contributed by atoms with van der Waals surface area (Å²) in [4.78, 5) is 28.7. The Morgan fingerprint density at radius 3 is 2.25 bits per heavy atom. The van der Waals surface area contributed by atoms with E-state index < -0.39 is 34.3 Å². The summed E-state index contributed by atoms with van der Waals surface area (Å²) < 4.78 is 58.8. The van der Waals surface area contributed by atoms with Crippen molar-refractivity contribution >= 4 is 27.5 Å². The van der Waals surface area contributed by atoms with Gasteiger partial charge < -0.3 is 24.4 Å². The minimum Gasteiger partial charge on any atom is -0.497 e. The Morgan fingerprint density at radius 2 is 1.61 bits per heavy atom. The molecule has 0 aliphatic heterocycles. The highest BCUT2D eigenvalue weighted by atomic mass is 32.2. The lowest BCUT2D eigenvalue weighted by Gasteiger charge is -2.32. The maximum absolute atomic E-state index is 14.1. The Hall–Kier alpha value is -4.32. The van der Waals surface area contributed by atoms with E-state index in [0.29, 0.717) is 17.1 Å². The number of carbonyl (C=O) groups excluding carboxylic acids is 2. The molecule has 0 bridgehead atoms. The van der Waals surface area contributed by atoms with E-state index in [4.69, 9.17) is 14.2 Å². The summed E-state index contributed by atoms with van der Waals surface area (Å²) in [5.41, 5.74) is 0.758. The van der Waals surface area contributed by atoms with Gasteiger partial charge in [0.2, 0.25) is 11.8 Å². The number of hydrogen-bond donors (Lipinski definition) is 1. The van der Waals surface area contributed by atoms with Gasteiger partial charge in [0.15, 0.2) is 11.5 Å². The Bertz CT molecular complexity index is 1560. The fraction of sp³-hybridized carbons (Fsp3) is 0.375. The van der Waals surface area contributed by atoms with E-state index in [-0.39, 0.29) is 34.8 Å². The second-order valence-corrected chi connectivity index (χ2v) is 12.4. The molecule has 1 N–H and O–H groups in total. The maximum atomic E-state index is 14.1. The van der Waals surface area contributed by atoms with Gasteiger partial charge in [-0.25, -0.2) is 12.8 Å². The number of sulfonamides is 1. The molecule has 2 amide bonds. The van der Waals surface area contributed by atoms with Crippen LogP contribution in [0.2, 0.25) is 0 Å². The zero-order valence-electron chi connectivity index (χ0n) is 25.3. The number of amides is 2. The molecule has 0 heterocycles. The van der Waals surface area contributed by atoms with Gasteiger partial charge in [-0.1, -0.05) is 25.0 Å². The first kappa shape index (κ1) is 32.6. The lowest BCUT2D eigenvalue weighted by atomic mass is 10.1. The number of benzene rings is 3. The third-order valence-corrected chi connectivity index (χ3v) is 9.46. The standard InChI is InChI=1S/C32H38FN3O7S/c1-22(32(38)34-25-9-5-6-10-25)35(20-23-8-7-11-27(18-23)41-2)31(37)21-36(26-14-12-24(33)13-15-26)44(39,40)28-16-17-29(42-3)30(19-28)43-4/h7-8,11-19,22,25H,5-6,9-10,20-21H2,1-4H3,(H,34,38). The Morgan fingerprint density at radius 1 is 0.932 bits per heavy atom. The van der Waals surface area contributed by atoms with Crippen molar-refractivity contribution in [3.8, 4) is 17.2 Å². The molecule has 1 unspecified atom stereocenters. The molecule has 44 heavy (non-hydrogen) atoms. The van der Waals surface area contributed by atoms with E-state index in [0.717, 1.165) is 42.1 Å². The van der Waals surface area contributed by atoms with Crippen LogP contribution in [0, 0.1) is 5.82 Å². The summed E-state index contributed by atoms with van der Waals surface area (Å²) in [5, 5.41) is 3.04. The average Bonchev–Trinajstić information content (AvgIpc) is 3.55. The minimum atomic E-state index is -4.39. The number of nitrogens with one attached hydrogen (secondary N) is 1. The lowest BCUT2D eigenvalue weighted by Crippen LogP contribution is -2.52. The van der Waals surface area contributed by atoms with Crippen LogP contribution in [0.25, 0.3) is 0 Å². The quantitative estimate of drug-likeness (QED) is 0.296. The number of rotatable bonds is 13. The van der Waals surface area contributed by atoms with Gasteiger partial charge in [-0.15, -0.1) is 0 Å². The number of anilines is 1. The largest absolute Gasteiger partial charge is 0.497 e. The molecule has 1 aliphatic carbocycles. The van der Waals surface area contributed by atoms with Crippen molar-refractivity contribution in [2.45, 2.75) is 56.1 Å². The van der Waals surface area contributed by atoms with E-state index >= 15 is 0 Å². The first-order valence-corrected chi connectivity index (χ1v) is 15.7. The van der Waals surface area contributed by atoms with E-state index in [2.05, 4.69) is 5.32 Å². The van der Waals surface area contributed by atoms with Gasteiger partial charge in [-0.2, -0.15) is 0 Å². The Balaban J connectivity index is 1.72. The summed E-state index contributed by atoms with van der Waals surface area (Å²) >= 11 is 0. The predicted octanol–water partition coefficient (Wildman–Crippen LogP) is 4.52. The first-order valence-electron chi connectivity index (χ1n) is 14.3. The van der Waals surface area contributed by atoms with Crippen LogP contribution in [0.1, 0.15) is 38.2 Å². The van der Waals surface area contributed by atoms with E-state index in [1.165, 1.54) is 56.6 Å². The first-order chi connectivity index (χ1) is 21.1. The van der Waals surface area contributed by atoms with Crippen LogP contribution >= 0.6 is 0 Å². The maximum Gasteiger partial charge on any atom is 0.264 e. The summed E-state index contributed by atoms with van der Waals surface area (Å²) in [5.74, 6) is -0.458. The third-order valence-electron chi connectivity index (χ3n) is 7.69. The number of carbonyl (C=O) groups is 2. The monoisotopic (exact) mass is 627 g/mol. The highest BCUT2D eigenvalue weighted by Gasteiger charge is 2.34. The van der Waals surface area contributed by atoms with Gasteiger partial charge >= 0.3 is 0 Å². The van der Waals surface area contributed by atoms with Crippen LogP contribution in [0.4, 0.5) is 10.1 Å². The van der Waals surface area contributed by atoms with E-state index in [1.807, 2.05) is 0 Å². The SMILES string of the molecule is COc1cccc(CN(C(=O)CN(c2ccc(F)cc2)S(=O)(=O)c2ccc(OC)c(OC)c2)C(C)C(=O)NC2CCCC2)c1. The summed E-state index contributed by atoms with van der Waals surface area (Å²) in [7, 11) is -0.0609. The van der Waals surface area contributed by atoms with E-state index in [9.17, 15) is 22.4 Å². The van der Waals surface area contributed by atoms with Gasteiger partial charge in [0.25, 0.3) is 10.0 Å². The zero-order valence-corrected chi connectivity index (χ0v) is 26.1. The van der Waals surface area contributed by atoms with Crippen molar-refractivity contribution in [2.24, 2.45) is 0 Å². The van der Waals surface area contributed by atoms with Crippen molar-refractivity contribution in [1.82, 2.24) is 10.2 Å². The van der Waals surface area contributed by atoms with Gasteiger partial charge in [0.1, 0.15) is 24.2 Å². The molecular formula is C32H38FN3O7S. The van der Waals surface area contributed by atoms with Gasteiger partial charge in [-0.05, 0) is 73.9 Å². The lowest BCUT2D eigenvalue weighted by molar-refractivity contribution is -0.139. The van der Waals surface area contributed by atoms with Gasteiger partial charge in [0, 0.05) is 18.7 Å². The smallest absolute Gasteiger partial charge is 0.264 e. The molecule has 1 fully saturated rings. The fourth-order valence-corrected chi connectivity index (χ4v) is 6.61. The molecule has 236 valence electrons. The second kappa shape index (κ2) is 14.4. The van der Waals surface area contributed by atoms with Crippen molar-refractivity contribution in [3.05, 3.63) is 78.1 Å². The highest BCUT2D eigenvalue weighted by molar-refractivity contribution is 7.92. The number of halogens is 1. The topological polar surface area (TPSA) is 114 Å². The molecule has 4 rings (SSSR count). The van der Waals surface area contributed by atoms with Crippen molar-refractivity contribution in [3.63, 3.8) is 0 Å². The average molecular weight is 628 g/mol. The molecule has 12 heteroatoms. The van der Waals surface area contributed by atoms with Crippen LogP contribution in [-0.2, 0) is 26.2 Å². The normalized spacial score (nSPS) is 14.0. The molecule has 0 aromatic heterocycles. The molecular weight excluding hydrogens is 589 g/mol. The molecule has 0 saturated heterocycles. The van der Waals surface area contributed by atoms with Crippen LogP contribution in [0.3, 0.4) is 0 Å². The van der Waals surface area contributed by atoms with Crippen LogP contribution in [0.15, 0.2) is 71.6 Å². The molecule has 3 aromatic rings. The molecule has 1 aliphatic rings. The van der Waals surface area contributed by atoms with Crippen molar-refractivity contribution in [2.75, 3.05) is 32.2 Å². The molecule has 3 aromatic carbocycles. The van der Waals surface area contributed by atoms with Crippen LogP contribution < -0.4 is 23.8 Å². The fourth-order valence-electron chi connectivity index (χ4n) is 5.18. The van der Waals surface area contributed by atoms with Crippen molar-refractivity contribution < 1.29 is 36.6 Å². The van der Waals surface area contributed by atoms with Crippen LogP contribution in [0.5, 0.6) is 17.2 Å². The second-order valence-electron chi connectivity index (χ2n) is 10.5. The molecule has 1 saturated carbocycles. The van der Waals surface area contributed by atoms with Crippen molar-refractivity contribution in [1.29, 1.82) is 0 Å².